The topological polar surface area (TPSA) is 120 Å². The molecule has 250 valence electrons. The van der Waals surface area contributed by atoms with E-state index in [9.17, 15) is 14.7 Å². The van der Waals surface area contributed by atoms with Crippen LogP contribution < -0.4 is 10.8 Å². The van der Waals surface area contributed by atoms with Crippen molar-refractivity contribution in [1.82, 2.24) is 15.7 Å². The summed E-state index contributed by atoms with van der Waals surface area (Å²) >= 11 is 0. The molecule has 9 heteroatoms. The second kappa shape index (κ2) is 17.3. The molecular formula is C38H47N3O6. The second-order valence-corrected chi connectivity index (χ2v) is 12.5. The Balaban J connectivity index is 1.31. The summed E-state index contributed by atoms with van der Waals surface area (Å²) in [5.41, 5.74) is 7.45. The highest BCUT2D eigenvalue weighted by Crippen LogP contribution is 2.39. The molecule has 2 amide bonds. The highest BCUT2D eigenvalue weighted by Gasteiger charge is 2.34. The number of benzene rings is 3. The molecule has 1 heterocycles. The minimum absolute atomic E-state index is 0.00391. The predicted octanol–water partition coefficient (Wildman–Crippen LogP) is 6.11. The number of hydrogen-bond donors (Lipinski definition) is 4. The lowest BCUT2D eigenvalue weighted by Crippen LogP contribution is -2.43. The summed E-state index contributed by atoms with van der Waals surface area (Å²) in [6.45, 7) is 6.04. The molecule has 3 aromatic rings. The first kappa shape index (κ1) is 34.5. The van der Waals surface area contributed by atoms with Gasteiger partial charge in [-0.1, -0.05) is 79.6 Å². The van der Waals surface area contributed by atoms with Gasteiger partial charge in [0.05, 0.1) is 18.8 Å². The second-order valence-electron chi connectivity index (χ2n) is 12.5. The lowest BCUT2D eigenvalue weighted by molar-refractivity contribution is -0.253. The maximum Gasteiger partial charge on any atom is 0.243 e. The van der Waals surface area contributed by atoms with Gasteiger partial charge >= 0.3 is 0 Å². The van der Waals surface area contributed by atoms with Crippen LogP contribution in [0, 0.1) is 0 Å². The largest absolute Gasteiger partial charge is 0.392 e. The van der Waals surface area contributed by atoms with Gasteiger partial charge in [-0.3, -0.25) is 19.7 Å². The van der Waals surface area contributed by atoms with Crippen molar-refractivity contribution >= 4 is 11.8 Å². The monoisotopic (exact) mass is 641 g/mol. The molecule has 1 saturated heterocycles. The lowest BCUT2D eigenvalue weighted by Gasteiger charge is -2.39. The van der Waals surface area contributed by atoms with Gasteiger partial charge in [0.25, 0.3) is 0 Å². The van der Waals surface area contributed by atoms with Crippen LogP contribution in [0.25, 0.3) is 11.1 Å². The van der Waals surface area contributed by atoms with E-state index in [0.29, 0.717) is 19.0 Å². The number of nitrogens with zero attached hydrogens (tertiary/aromatic N) is 1. The lowest BCUT2D eigenvalue weighted by atomic mass is 9.98. The first-order chi connectivity index (χ1) is 22.9. The van der Waals surface area contributed by atoms with Gasteiger partial charge in [-0.25, -0.2) is 5.48 Å². The average Bonchev–Trinajstić information content (AvgIpc) is 3.66. The zero-order valence-electron chi connectivity index (χ0n) is 27.0. The third-order valence-corrected chi connectivity index (χ3v) is 9.10. The Bertz CT molecular complexity index is 1470. The van der Waals surface area contributed by atoms with Crippen molar-refractivity contribution in [3.63, 3.8) is 0 Å². The van der Waals surface area contributed by atoms with E-state index in [1.54, 1.807) is 5.48 Å². The van der Waals surface area contributed by atoms with Gasteiger partial charge in [-0.05, 0) is 59.2 Å². The highest BCUT2D eigenvalue weighted by atomic mass is 16.7. The summed E-state index contributed by atoms with van der Waals surface area (Å²) in [5, 5.41) is 21.1. The Labute approximate surface area is 277 Å². The van der Waals surface area contributed by atoms with Crippen LogP contribution in [-0.2, 0) is 32.2 Å². The van der Waals surface area contributed by atoms with E-state index < -0.39 is 12.2 Å². The molecule has 4 N–H and O–H groups in total. The number of rotatable bonds is 15. The molecule has 5 rings (SSSR count). The smallest absolute Gasteiger partial charge is 0.243 e. The summed E-state index contributed by atoms with van der Waals surface area (Å²) in [6, 6.07) is 24.8. The van der Waals surface area contributed by atoms with Gasteiger partial charge in [0, 0.05) is 50.5 Å². The van der Waals surface area contributed by atoms with Crippen molar-refractivity contribution in [3.05, 3.63) is 108 Å². The van der Waals surface area contributed by atoms with Crippen molar-refractivity contribution in [2.45, 2.75) is 89.1 Å². The molecule has 0 bridgehead atoms. The summed E-state index contributed by atoms with van der Waals surface area (Å²) in [5.74, 6) is -0.650. The van der Waals surface area contributed by atoms with Crippen molar-refractivity contribution in [2.24, 2.45) is 0 Å². The summed E-state index contributed by atoms with van der Waals surface area (Å²) in [7, 11) is 0. The van der Waals surface area contributed by atoms with Crippen LogP contribution in [0.15, 0.2) is 85.5 Å². The van der Waals surface area contributed by atoms with E-state index in [0.717, 1.165) is 52.9 Å². The molecule has 3 unspecified atom stereocenters. The van der Waals surface area contributed by atoms with Gasteiger partial charge in [-0.15, -0.1) is 6.58 Å². The molecule has 0 aromatic heterocycles. The van der Waals surface area contributed by atoms with Crippen LogP contribution in [0.3, 0.4) is 0 Å². The normalized spacial score (nSPS) is 19.9. The van der Waals surface area contributed by atoms with Crippen molar-refractivity contribution < 1.29 is 29.4 Å². The molecule has 3 atom stereocenters. The fourth-order valence-corrected chi connectivity index (χ4v) is 6.58. The fraction of sp³-hybridized carbons (Fsp3) is 0.421. The Morgan fingerprint density at radius 1 is 0.894 bits per heavy atom. The zero-order chi connectivity index (χ0) is 33.0. The average molecular weight is 642 g/mol. The molecule has 1 saturated carbocycles. The number of aliphatic hydroxyl groups excluding tert-OH is 1. The van der Waals surface area contributed by atoms with Crippen LogP contribution in [0.4, 0.5) is 0 Å². The maximum atomic E-state index is 12.3. The molecule has 2 aliphatic rings. The SMILES string of the molecule is C=CCN(CC1CC(c2ccc(CO)cc2)OC(c2cccc(-c3cccc(CNC(=O)CCCC(=O)NO)c3)c2)O1)C1CCCC1. The molecule has 1 aliphatic carbocycles. The van der Waals surface area contributed by atoms with E-state index >= 15 is 0 Å². The summed E-state index contributed by atoms with van der Waals surface area (Å²) in [4.78, 5) is 26.0. The zero-order valence-corrected chi connectivity index (χ0v) is 27.0. The number of hydrogen-bond acceptors (Lipinski definition) is 7. The minimum Gasteiger partial charge on any atom is -0.392 e. The number of nitrogens with one attached hydrogen (secondary N) is 2. The Morgan fingerprint density at radius 3 is 2.34 bits per heavy atom. The van der Waals surface area contributed by atoms with Gasteiger partial charge < -0.3 is 19.9 Å². The third kappa shape index (κ3) is 9.82. The van der Waals surface area contributed by atoms with Crippen molar-refractivity contribution in [1.29, 1.82) is 0 Å². The van der Waals surface area contributed by atoms with E-state index in [4.69, 9.17) is 14.7 Å². The van der Waals surface area contributed by atoms with Crippen molar-refractivity contribution in [2.75, 3.05) is 13.1 Å². The molecule has 0 radical (unpaired) electrons. The summed E-state index contributed by atoms with van der Waals surface area (Å²) < 4.78 is 13.4. The Morgan fingerprint density at radius 2 is 1.62 bits per heavy atom. The predicted molar refractivity (Wildman–Crippen MR) is 180 cm³/mol. The third-order valence-electron chi connectivity index (χ3n) is 9.10. The fourth-order valence-electron chi connectivity index (χ4n) is 6.58. The minimum atomic E-state index is -0.555. The van der Waals surface area contributed by atoms with Crippen LogP contribution in [-0.4, -0.2) is 52.3 Å². The first-order valence-corrected chi connectivity index (χ1v) is 16.7. The number of amides is 2. The highest BCUT2D eigenvalue weighted by molar-refractivity contribution is 5.78. The van der Waals surface area contributed by atoms with E-state index in [-0.39, 0.29) is 37.6 Å². The van der Waals surface area contributed by atoms with Crippen LogP contribution in [0.5, 0.6) is 0 Å². The number of ether oxygens (including phenoxy) is 2. The number of hydroxylamine groups is 1. The first-order valence-electron chi connectivity index (χ1n) is 16.7. The van der Waals surface area contributed by atoms with Crippen molar-refractivity contribution in [3.8, 4) is 11.1 Å². The Hall–Kier alpha value is -3.86. The number of aliphatic hydroxyl groups is 1. The van der Waals surface area contributed by atoms with E-state index in [1.165, 1.54) is 25.7 Å². The van der Waals surface area contributed by atoms with Crippen LogP contribution >= 0.6 is 0 Å². The molecular weight excluding hydrogens is 594 g/mol. The molecule has 1 aliphatic heterocycles. The number of carbonyl (C=O) groups is 2. The number of carbonyl (C=O) groups excluding carboxylic acids is 2. The Kier molecular flexibility index (Phi) is 12.7. The molecule has 3 aromatic carbocycles. The van der Waals surface area contributed by atoms with Crippen LogP contribution in [0.2, 0.25) is 0 Å². The molecule has 9 nitrogen and oxygen atoms in total. The van der Waals surface area contributed by atoms with Gasteiger partial charge in [-0.2, -0.15) is 0 Å². The van der Waals surface area contributed by atoms with Crippen LogP contribution in [0.1, 0.15) is 86.0 Å². The summed E-state index contributed by atoms with van der Waals surface area (Å²) in [6.07, 6.45) is 7.58. The molecule has 2 fully saturated rings. The molecule has 47 heavy (non-hydrogen) atoms. The maximum absolute atomic E-state index is 12.3. The quantitative estimate of drug-likeness (QED) is 0.0898. The van der Waals surface area contributed by atoms with Gasteiger partial charge in [0.2, 0.25) is 11.8 Å². The van der Waals surface area contributed by atoms with Gasteiger partial charge in [0.1, 0.15) is 0 Å². The molecule has 0 spiro atoms. The van der Waals surface area contributed by atoms with Gasteiger partial charge in [0.15, 0.2) is 6.29 Å². The standard InChI is InChI=1S/C38H47N3O6/c1-2-20-41(33-12-3-4-13-33)25-34-23-35(29-18-16-27(26-42)17-19-29)47-38(46-34)32-11-6-10-31(22-32)30-9-5-8-28(21-30)24-39-36(43)14-7-15-37(44)40-45/h2,5-6,8-11,16-19,21-22,33-35,38,42,45H,1,3-4,7,12-15,20,23-26H2,(H,39,43)(H,40,44). The van der Waals surface area contributed by atoms with E-state index in [1.807, 2.05) is 60.7 Å². The van der Waals surface area contributed by atoms with E-state index in [2.05, 4.69) is 35.0 Å².